The first-order chi connectivity index (χ1) is 26.1. The summed E-state index contributed by atoms with van der Waals surface area (Å²) in [7, 11) is 0. The van der Waals surface area contributed by atoms with E-state index in [1.165, 1.54) is 13.8 Å². The molecule has 3 saturated heterocycles. The van der Waals surface area contributed by atoms with Crippen LogP contribution in [0.3, 0.4) is 0 Å². The Labute approximate surface area is 327 Å². The number of aliphatic hydroxyl groups is 1. The first-order valence-corrected chi connectivity index (χ1v) is 19.5. The van der Waals surface area contributed by atoms with Gasteiger partial charge in [-0.2, -0.15) is 0 Å². The number of cyclic esters (lactones) is 1. The van der Waals surface area contributed by atoms with Gasteiger partial charge in [-0.3, -0.25) is 14.4 Å². The van der Waals surface area contributed by atoms with Gasteiger partial charge in [-0.1, -0.05) is 59.7 Å². The van der Waals surface area contributed by atoms with Crippen LogP contribution in [0.1, 0.15) is 87.1 Å². The second-order valence-corrected chi connectivity index (χ2v) is 17.1. The minimum absolute atomic E-state index is 0.00807. The van der Waals surface area contributed by atoms with Gasteiger partial charge in [0.05, 0.1) is 30.9 Å². The molecule has 0 aliphatic carbocycles. The molecule has 4 heterocycles. The van der Waals surface area contributed by atoms with Crippen LogP contribution in [0.2, 0.25) is 0 Å². The fourth-order valence-corrected chi connectivity index (χ4v) is 8.84. The standard InChI is InChI=1S/C42H57FN2O11/c1-22-18-24(3)53-37(33(22)48)55-36-26(5)35(49)41(8,43)38(50)54-30(15-16-44-31(46)20-27-12-10-13-28(19-27)29-14-11-17-52-29)42(9)34(45-39(51)56-42)25(4)32(47)23(2)21-40(36,6)7/h10-14,17,19,22-26,30,33-34,36-37,48H,15-16,18,20-21H2,1-9H3,(H,44,46)(H,45,51)/t22?,23-,24?,25+,26+,30-,33?,34-,36-,37?,41+,42-/m1/s1. The van der Waals surface area contributed by atoms with Crippen molar-refractivity contribution in [3.8, 4) is 11.3 Å². The van der Waals surface area contributed by atoms with E-state index in [1.807, 2.05) is 32.0 Å². The molecular weight excluding hydrogens is 727 g/mol. The van der Waals surface area contributed by atoms with E-state index in [1.54, 1.807) is 52.2 Å². The van der Waals surface area contributed by atoms with Crippen LogP contribution in [0.4, 0.5) is 9.18 Å². The fraction of sp³-hybridized carbons (Fsp3) is 0.643. The van der Waals surface area contributed by atoms with Crippen LogP contribution in [-0.2, 0) is 44.5 Å². The molecule has 56 heavy (non-hydrogen) atoms. The highest BCUT2D eigenvalue weighted by Gasteiger charge is 2.59. The molecule has 13 nitrogen and oxygen atoms in total. The number of benzene rings is 1. The molecule has 3 aliphatic rings. The smallest absolute Gasteiger partial charge is 0.408 e. The predicted molar refractivity (Wildman–Crippen MR) is 202 cm³/mol. The lowest BCUT2D eigenvalue weighted by Crippen LogP contribution is -2.59. The maximum atomic E-state index is 16.8. The number of aliphatic hydroxyl groups excluding tert-OH is 1. The zero-order chi connectivity index (χ0) is 41.3. The van der Waals surface area contributed by atoms with E-state index in [-0.39, 0.29) is 49.5 Å². The lowest BCUT2D eigenvalue weighted by Gasteiger charge is -2.45. The summed E-state index contributed by atoms with van der Waals surface area (Å²) in [5, 5.41) is 16.5. The van der Waals surface area contributed by atoms with E-state index in [4.69, 9.17) is 23.4 Å². The summed E-state index contributed by atoms with van der Waals surface area (Å²) in [4.78, 5) is 68.3. The molecule has 14 heteroatoms. The molecule has 0 spiro atoms. The Morgan fingerprint density at radius 2 is 1.73 bits per heavy atom. The summed E-state index contributed by atoms with van der Waals surface area (Å²) in [6.45, 7) is 14.3. The number of halogens is 1. The summed E-state index contributed by atoms with van der Waals surface area (Å²) in [6, 6.07) is 9.83. The number of ether oxygens (including phenoxy) is 4. The number of amides is 2. The molecule has 12 atom stereocenters. The van der Waals surface area contributed by atoms with Crippen molar-refractivity contribution >= 4 is 29.5 Å². The minimum Gasteiger partial charge on any atom is -0.464 e. The van der Waals surface area contributed by atoms with E-state index >= 15 is 4.39 Å². The molecule has 3 fully saturated rings. The molecule has 3 aliphatic heterocycles. The molecule has 4 unspecified atom stereocenters. The van der Waals surface area contributed by atoms with E-state index in [2.05, 4.69) is 10.6 Å². The van der Waals surface area contributed by atoms with Crippen LogP contribution in [0.25, 0.3) is 11.3 Å². The van der Waals surface area contributed by atoms with Crippen LogP contribution in [-0.4, -0.2) is 89.2 Å². The van der Waals surface area contributed by atoms with Crippen molar-refractivity contribution < 1.29 is 56.8 Å². The van der Waals surface area contributed by atoms with Crippen LogP contribution in [0.15, 0.2) is 47.1 Å². The third-order valence-electron chi connectivity index (χ3n) is 11.9. The Morgan fingerprint density at radius 1 is 1.02 bits per heavy atom. The number of rotatable bonds is 8. The van der Waals surface area contributed by atoms with Gasteiger partial charge in [0.25, 0.3) is 5.67 Å². The van der Waals surface area contributed by atoms with Crippen LogP contribution in [0.5, 0.6) is 0 Å². The average Bonchev–Trinajstić information content (AvgIpc) is 3.78. The monoisotopic (exact) mass is 784 g/mol. The molecule has 1 aromatic carbocycles. The highest BCUT2D eigenvalue weighted by Crippen LogP contribution is 2.43. The molecule has 1 aromatic heterocycles. The normalized spacial score (nSPS) is 36.8. The first-order valence-electron chi connectivity index (χ1n) is 19.5. The first kappa shape index (κ1) is 43.0. The summed E-state index contributed by atoms with van der Waals surface area (Å²) >= 11 is 0. The van der Waals surface area contributed by atoms with Gasteiger partial charge in [-0.15, -0.1) is 0 Å². The number of Topliss-reactive ketones (excluding diaryl/α,β-unsaturated/α-hetero) is 2. The average molecular weight is 785 g/mol. The van der Waals surface area contributed by atoms with Gasteiger partial charge in [-0.05, 0) is 68.7 Å². The van der Waals surface area contributed by atoms with Gasteiger partial charge in [0.1, 0.15) is 23.8 Å². The molecule has 0 bridgehead atoms. The molecule has 2 aromatic rings. The van der Waals surface area contributed by atoms with Crippen molar-refractivity contribution in [2.75, 3.05) is 6.54 Å². The van der Waals surface area contributed by atoms with Gasteiger partial charge in [0, 0.05) is 36.3 Å². The number of nitrogens with one attached hydrogen (secondary N) is 2. The SMILES string of the molecule is CC1CC(C)C(O)C(O[C@@H]2[C@@H](C)C(=O)[C@](C)(F)C(=O)O[C@H](CCNC(=O)Cc3cccc(-c4ccco4)c3)[C@@]3(C)OC(=O)N[C@@H]3[C@@H](C)C(=O)[C@H](C)CC2(C)C)O1. The number of alkyl halides is 1. The number of alkyl carbamates (subject to hydrolysis) is 1. The number of furan rings is 1. The maximum Gasteiger partial charge on any atom is 0.408 e. The van der Waals surface area contributed by atoms with Gasteiger partial charge in [-0.25, -0.2) is 14.0 Å². The largest absolute Gasteiger partial charge is 0.464 e. The van der Waals surface area contributed by atoms with Gasteiger partial charge in [0.2, 0.25) is 5.91 Å². The Hall–Kier alpha value is -4.14. The van der Waals surface area contributed by atoms with Crippen molar-refractivity contribution in [3.63, 3.8) is 0 Å². The fourth-order valence-electron chi connectivity index (χ4n) is 8.84. The number of ketones is 2. The molecule has 308 valence electrons. The molecule has 0 saturated carbocycles. The quantitative estimate of drug-likeness (QED) is 0.228. The van der Waals surface area contributed by atoms with Crippen molar-refractivity contribution in [3.05, 3.63) is 48.2 Å². The highest BCUT2D eigenvalue weighted by atomic mass is 19.1. The second-order valence-electron chi connectivity index (χ2n) is 17.1. The summed E-state index contributed by atoms with van der Waals surface area (Å²) in [5.41, 5.74) is -4.41. The molecular formula is C42H57FN2O11. The van der Waals surface area contributed by atoms with Crippen molar-refractivity contribution in [1.82, 2.24) is 10.6 Å². The van der Waals surface area contributed by atoms with Crippen LogP contribution in [0, 0.1) is 29.1 Å². The number of carbonyl (C=O) groups is 5. The Balaban J connectivity index is 1.43. The molecule has 5 rings (SSSR count). The second kappa shape index (κ2) is 16.8. The van der Waals surface area contributed by atoms with Crippen molar-refractivity contribution in [2.24, 2.45) is 29.1 Å². The summed E-state index contributed by atoms with van der Waals surface area (Å²) in [6.07, 6.45) is -3.72. The highest BCUT2D eigenvalue weighted by molar-refractivity contribution is 6.07. The zero-order valence-corrected chi connectivity index (χ0v) is 33.8. The topological polar surface area (TPSA) is 180 Å². The summed E-state index contributed by atoms with van der Waals surface area (Å²) in [5.74, 6) is -5.63. The molecule has 0 radical (unpaired) electrons. The molecule has 2 amide bonds. The van der Waals surface area contributed by atoms with E-state index in [0.29, 0.717) is 17.7 Å². The van der Waals surface area contributed by atoms with Crippen LogP contribution >= 0.6 is 0 Å². The van der Waals surface area contributed by atoms with E-state index in [9.17, 15) is 29.1 Å². The van der Waals surface area contributed by atoms with Crippen molar-refractivity contribution in [2.45, 2.75) is 136 Å². The number of carbonyl (C=O) groups excluding carboxylic acids is 5. The van der Waals surface area contributed by atoms with E-state index in [0.717, 1.165) is 12.5 Å². The third-order valence-corrected chi connectivity index (χ3v) is 11.9. The third kappa shape index (κ3) is 9.02. The number of fused-ring (bicyclic) bond motifs is 1. The Morgan fingerprint density at radius 3 is 2.41 bits per heavy atom. The van der Waals surface area contributed by atoms with Crippen molar-refractivity contribution in [1.29, 1.82) is 0 Å². The summed E-state index contributed by atoms with van der Waals surface area (Å²) < 4.78 is 46.2. The lowest BCUT2D eigenvalue weighted by molar-refractivity contribution is -0.284. The number of hydrogen-bond donors (Lipinski definition) is 3. The predicted octanol–water partition coefficient (Wildman–Crippen LogP) is 5.50. The number of esters is 1. The molecule has 3 N–H and O–H groups in total. The Bertz CT molecular complexity index is 1760. The van der Waals surface area contributed by atoms with Gasteiger partial charge in [0.15, 0.2) is 17.7 Å². The Kier molecular flexibility index (Phi) is 12.9. The lowest BCUT2D eigenvalue weighted by atomic mass is 9.69. The van der Waals surface area contributed by atoms with Gasteiger partial charge < -0.3 is 39.1 Å². The maximum absolute atomic E-state index is 16.8. The zero-order valence-electron chi connectivity index (χ0n) is 33.8. The van der Waals surface area contributed by atoms with Gasteiger partial charge >= 0.3 is 12.1 Å². The number of hydrogen-bond acceptors (Lipinski definition) is 11. The van der Waals surface area contributed by atoms with E-state index < -0.39 is 82.9 Å². The minimum atomic E-state index is -3.21. The van der Waals surface area contributed by atoms with Crippen LogP contribution < -0.4 is 10.6 Å².